The van der Waals surface area contributed by atoms with Crippen LogP contribution in [0, 0.1) is 0 Å². The van der Waals surface area contributed by atoms with Crippen molar-refractivity contribution < 1.29 is 23.9 Å². The summed E-state index contributed by atoms with van der Waals surface area (Å²) in [6.07, 6.45) is 1.62. The number of carbonyl (C=O) groups is 3. The molecule has 34 heavy (non-hydrogen) atoms. The number of ether oxygens (including phenoxy) is 2. The van der Waals surface area contributed by atoms with Crippen LogP contribution in [0.25, 0.3) is 6.08 Å². The van der Waals surface area contributed by atoms with Crippen molar-refractivity contribution in [2.75, 3.05) is 6.61 Å². The molecule has 0 aromatic heterocycles. The molecule has 1 aliphatic rings. The minimum Gasteiger partial charge on any atom is -0.490 e. The normalized spacial score (nSPS) is 14.5. The van der Waals surface area contributed by atoms with Crippen LogP contribution in [0.3, 0.4) is 0 Å². The van der Waals surface area contributed by atoms with Gasteiger partial charge in [0.25, 0.3) is 11.1 Å². The molecule has 6 nitrogen and oxygen atoms in total. The quantitative estimate of drug-likeness (QED) is 0.222. The van der Waals surface area contributed by atoms with Gasteiger partial charge in [-0.2, -0.15) is 0 Å². The number of rotatable bonds is 7. The van der Waals surface area contributed by atoms with Crippen LogP contribution in [-0.2, 0) is 11.3 Å². The van der Waals surface area contributed by atoms with Crippen LogP contribution in [0.2, 0.25) is 5.02 Å². The van der Waals surface area contributed by atoms with E-state index in [9.17, 15) is 14.4 Å². The van der Waals surface area contributed by atoms with Crippen molar-refractivity contribution in [2.24, 2.45) is 0 Å². The Kier molecular flexibility index (Phi) is 7.35. The van der Waals surface area contributed by atoms with E-state index in [1.807, 2.05) is 13.0 Å². The fourth-order valence-corrected chi connectivity index (χ4v) is 4.22. The maximum absolute atomic E-state index is 12.9. The van der Waals surface area contributed by atoms with Crippen LogP contribution in [0.4, 0.5) is 4.79 Å². The van der Waals surface area contributed by atoms with Crippen molar-refractivity contribution in [1.82, 2.24) is 4.90 Å². The molecule has 3 aromatic rings. The fourth-order valence-electron chi connectivity index (χ4n) is 3.26. The van der Waals surface area contributed by atoms with Crippen molar-refractivity contribution in [3.63, 3.8) is 0 Å². The Hall–Kier alpha value is -3.55. The molecule has 2 amide bonds. The van der Waals surface area contributed by atoms with E-state index < -0.39 is 5.97 Å². The fraction of sp³-hybridized carbons (Fsp3) is 0.115. The smallest absolute Gasteiger partial charge is 0.343 e. The van der Waals surface area contributed by atoms with E-state index in [-0.39, 0.29) is 23.4 Å². The van der Waals surface area contributed by atoms with Crippen molar-refractivity contribution in [1.29, 1.82) is 0 Å². The van der Waals surface area contributed by atoms with Gasteiger partial charge in [-0.25, -0.2) is 4.79 Å². The second kappa shape index (κ2) is 10.6. The Morgan fingerprint density at radius 2 is 1.74 bits per heavy atom. The number of nitrogens with zero attached hydrogens (tertiary/aromatic N) is 1. The molecule has 1 aliphatic heterocycles. The molecule has 8 heteroatoms. The number of esters is 1. The third-order valence-corrected chi connectivity index (χ3v) is 6.06. The summed E-state index contributed by atoms with van der Waals surface area (Å²) in [4.78, 5) is 39.2. The number of carbonyl (C=O) groups excluding carboxylic acids is 3. The van der Waals surface area contributed by atoms with Crippen LogP contribution in [0.15, 0.2) is 77.7 Å². The van der Waals surface area contributed by atoms with Gasteiger partial charge < -0.3 is 9.47 Å². The van der Waals surface area contributed by atoms with Gasteiger partial charge in [-0.15, -0.1) is 0 Å². The SMILES string of the molecule is CCOc1cc(/C=C2\SC(=O)N(Cc3ccc(Cl)cc3)C2=O)ccc1OC(=O)c1ccccc1. The number of amides is 2. The first-order valence-corrected chi connectivity index (χ1v) is 11.7. The third kappa shape index (κ3) is 5.50. The summed E-state index contributed by atoms with van der Waals surface area (Å²) in [6, 6.07) is 20.6. The highest BCUT2D eigenvalue weighted by molar-refractivity contribution is 8.18. The van der Waals surface area contributed by atoms with Crippen molar-refractivity contribution >= 4 is 46.6 Å². The molecular formula is C26H20ClNO5S. The predicted octanol–water partition coefficient (Wildman–Crippen LogP) is 6.19. The molecule has 3 aromatic carbocycles. The van der Waals surface area contributed by atoms with E-state index in [2.05, 4.69) is 0 Å². The molecule has 1 fully saturated rings. The van der Waals surface area contributed by atoms with Crippen molar-refractivity contribution in [2.45, 2.75) is 13.5 Å². The first kappa shape index (κ1) is 23.6. The molecule has 1 heterocycles. The monoisotopic (exact) mass is 493 g/mol. The molecule has 1 saturated heterocycles. The van der Waals surface area contributed by atoms with Crippen molar-refractivity contribution in [3.05, 3.63) is 99.4 Å². The summed E-state index contributed by atoms with van der Waals surface area (Å²) < 4.78 is 11.2. The minimum absolute atomic E-state index is 0.164. The summed E-state index contributed by atoms with van der Waals surface area (Å²) in [5.74, 6) is -0.246. The van der Waals surface area contributed by atoms with Gasteiger partial charge in [0.1, 0.15) is 0 Å². The van der Waals surface area contributed by atoms with E-state index in [1.54, 1.807) is 72.8 Å². The average molecular weight is 494 g/mol. The molecule has 0 radical (unpaired) electrons. The zero-order valence-electron chi connectivity index (χ0n) is 18.2. The summed E-state index contributed by atoms with van der Waals surface area (Å²) in [6.45, 7) is 2.34. The van der Waals surface area contributed by atoms with Crippen molar-refractivity contribution in [3.8, 4) is 11.5 Å². The zero-order chi connectivity index (χ0) is 24.1. The molecule has 4 rings (SSSR count). The van der Waals surface area contributed by atoms with Gasteiger partial charge in [-0.3, -0.25) is 14.5 Å². The van der Waals surface area contributed by atoms with E-state index in [0.29, 0.717) is 33.4 Å². The molecule has 0 bridgehead atoms. The van der Waals surface area contributed by atoms with E-state index in [1.165, 1.54) is 4.90 Å². The number of hydrogen-bond donors (Lipinski definition) is 0. The van der Waals surface area contributed by atoms with Crippen LogP contribution < -0.4 is 9.47 Å². The average Bonchev–Trinajstić information content (AvgIpc) is 3.10. The lowest BCUT2D eigenvalue weighted by atomic mass is 10.1. The van der Waals surface area contributed by atoms with Crippen LogP contribution in [-0.4, -0.2) is 28.6 Å². The number of imide groups is 1. The Balaban J connectivity index is 1.53. The summed E-state index contributed by atoms with van der Waals surface area (Å²) >= 11 is 6.78. The summed E-state index contributed by atoms with van der Waals surface area (Å²) in [5.41, 5.74) is 1.86. The largest absolute Gasteiger partial charge is 0.490 e. The molecule has 172 valence electrons. The van der Waals surface area contributed by atoms with Gasteiger partial charge in [-0.1, -0.05) is 48.0 Å². The topological polar surface area (TPSA) is 72.9 Å². The minimum atomic E-state index is -0.502. The first-order chi connectivity index (χ1) is 16.4. The standard InChI is InChI=1S/C26H20ClNO5S/c1-2-32-22-14-18(10-13-21(22)33-25(30)19-6-4-3-5-7-19)15-23-24(29)28(26(31)34-23)16-17-8-11-20(27)12-9-17/h3-15H,2,16H2,1H3/b23-15-. The Labute approximate surface area is 206 Å². The van der Waals surface area contributed by atoms with Gasteiger partial charge in [0, 0.05) is 5.02 Å². The van der Waals surface area contributed by atoms with Crippen LogP contribution >= 0.6 is 23.4 Å². The Bertz CT molecular complexity index is 1260. The summed E-state index contributed by atoms with van der Waals surface area (Å²) in [7, 11) is 0. The first-order valence-electron chi connectivity index (χ1n) is 10.5. The van der Waals surface area contributed by atoms with E-state index in [4.69, 9.17) is 21.1 Å². The summed E-state index contributed by atoms with van der Waals surface area (Å²) in [5, 5.41) is 0.241. The Morgan fingerprint density at radius 3 is 2.44 bits per heavy atom. The lowest BCUT2D eigenvalue weighted by Crippen LogP contribution is -2.27. The van der Waals surface area contributed by atoms with Gasteiger partial charge in [0.05, 0.1) is 23.6 Å². The third-order valence-electron chi connectivity index (χ3n) is 4.91. The Morgan fingerprint density at radius 1 is 1.00 bits per heavy atom. The molecule has 0 atom stereocenters. The molecular weight excluding hydrogens is 474 g/mol. The second-order valence-corrected chi connectivity index (χ2v) is 8.72. The van der Waals surface area contributed by atoms with Crippen LogP contribution in [0.5, 0.6) is 11.5 Å². The molecule has 0 N–H and O–H groups in total. The number of hydrogen-bond acceptors (Lipinski definition) is 6. The van der Waals surface area contributed by atoms with Crippen LogP contribution in [0.1, 0.15) is 28.4 Å². The van der Waals surface area contributed by atoms with E-state index >= 15 is 0 Å². The van der Waals surface area contributed by atoms with E-state index in [0.717, 1.165) is 17.3 Å². The highest BCUT2D eigenvalue weighted by Gasteiger charge is 2.35. The molecule has 0 aliphatic carbocycles. The number of halogens is 1. The van der Waals surface area contributed by atoms with Gasteiger partial charge >= 0.3 is 5.97 Å². The maximum Gasteiger partial charge on any atom is 0.343 e. The maximum atomic E-state index is 12.9. The predicted molar refractivity (Wildman–Crippen MR) is 132 cm³/mol. The second-order valence-electron chi connectivity index (χ2n) is 7.29. The number of benzene rings is 3. The lowest BCUT2D eigenvalue weighted by Gasteiger charge is -2.12. The molecule has 0 saturated carbocycles. The highest BCUT2D eigenvalue weighted by Crippen LogP contribution is 2.35. The lowest BCUT2D eigenvalue weighted by molar-refractivity contribution is -0.123. The highest BCUT2D eigenvalue weighted by atomic mass is 35.5. The molecule has 0 unspecified atom stereocenters. The molecule has 0 spiro atoms. The van der Waals surface area contributed by atoms with Gasteiger partial charge in [0.15, 0.2) is 11.5 Å². The number of thioether (sulfide) groups is 1. The van der Waals surface area contributed by atoms with Gasteiger partial charge in [-0.05, 0) is 72.3 Å². The van der Waals surface area contributed by atoms with Gasteiger partial charge in [0.2, 0.25) is 0 Å². The zero-order valence-corrected chi connectivity index (χ0v) is 19.8.